The lowest BCUT2D eigenvalue weighted by atomic mass is 10.1. The minimum Gasteiger partial charge on any atom is -0.489 e. The minimum atomic E-state index is -0.297. The lowest BCUT2D eigenvalue weighted by Crippen LogP contribution is -2.27. The lowest BCUT2D eigenvalue weighted by Gasteiger charge is -2.10. The Morgan fingerprint density at radius 2 is 1.76 bits per heavy atom. The molecule has 2 heterocycles. The maximum Gasteiger partial charge on any atom is 0.266 e. The lowest BCUT2D eigenvalue weighted by molar-refractivity contribution is -0.121. The zero-order valence-electron chi connectivity index (χ0n) is 19.7. The van der Waals surface area contributed by atoms with Crippen LogP contribution in [0.25, 0.3) is 23.0 Å². The molecular formula is C29H22FN3O2S2. The van der Waals surface area contributed by atoms with Gasteiger partial charge in [0.2, 0.25) is 0 Å². The van der Waals surface area contributed by atoms with Crippen molar-refractivity contribution >= 4 is 40.3 Å². The van der Waals surface area contributed by atoms with Crippen molar-refractivity contribution in [1.29, 1.82) is 0 Å². The van der Waals surface area contributed by atoms with Crippen molar-refractivity contribution in [3.63, 3.8) is 0 Å². The SMILES string of the molecule is C=CCN1C(=O)/C(=C/c2cn(-c3ccccc3)nc2-c2ccc(OCc3ccccc3F)cc2)SC1=S. The molecule has 4 aromatic rings. The average Bonchev–Trinajstić information content (AvgIpc) is 3.46. The predicted molar refractivity (Wildman–Crippen MR) is 150 cm³/mol. The van der Waals surface area contributed by atoms with E-state index in [1.807, 2.05) is 66.9 Å². The molecule has 37 heavy (non-hydrogen) atoms. The van der Waals surface area contributed by atoms with Gasteiger partial charge in [0.15, 0.2) is 0 Å². The van der Waals surface area contributed by atoms with E-state index in [9.17, 15) is 9.18 Å². The highest BCUT2D eigenvalue weighted by Gasteiger charge is 2.31. The Balaban J connectivity index is 1.46. The third-order valence-corrected chi connectivity index (χ3v) is 7.09. The van der Waals surface area contributed by atoms with Crippen LogP contribution in [-0.4, -0.2) is 31.5 Å². The third kappa shape index (κ3) is 5.40. The summed E-state index contributed by atoms with van der Waals surface area (Å²) in [5.41, 5.74) is 3.72. The summed E-state index contributed by atoms with van der Waals surface area (Å²) in [5, 5.41) is 4.83. The van der Waals surface area contributed by atoms with Gasteiger partial charge in [-0.1, -0.05) is 66.5 Å². The van der Waals surface area contributed by atoms with Crippen molar-refractivity contribution in [2.75, 3.05) is 6.54 Å². The van der Waals surface area contributed by atoms with E-state index in [0.717, 1.165) is 16.8 Å². The second-order valence-electron chi connectivity index (χ2n) is 8.20. The first-order valence-electron chi connectivity index (χ1n) is 11.5. The van der Waals surface area contributed by atoms with Crippen LogP contribution in [0.4, 0.5) is 4.39 Å². The molecule has 0 saturated carbocycles. The summed E-state index contributed by atoms with van der Waals surface area (Å²) in [6, 6.07) is 23.7. The van der Waals surface area contributed by atoms with E-state index in [0.29, 0.717) is 32.8 Å². The summed E-state index contributed by atoms with van der Waals surface area (Å²) in [5.74, 6) is 0.167. The van der Waals surface area contributed by atoms with Crippen LogP contribution in [0.2, 0.25) is 0 Å². The van der Waals surface area contributed by atoms with E-state index >= 15 is 0 Å². The van der Waals surface area contributed by atoms with Crippen LogP contribution >= 0.6 is 24.0 Å². The molecule has 8 heteroatoms. The van der Waals surface area contributed by atoms with Crippen LogP contribution in [0.5, 0.6) is 5.75 Å². The van der Waals surface area contributed by atoms with Crippen LogP contribution in [0, 0.1) is 5.82 Å². The number of aromatic nitrogens is 2. The summed E-state index contributed by atoms with van der Waals surface area (Å²) in [4.78, 5) is 15.0. The smallest absolute Gasteiger partial charge is 0.266 e. The maximum absolute atomic E-state index is 13.9. The second kappa shape index (κ2) is 10.9. The van der Waals surface area contributed by atoms with Gasteiger partial charge >= 0.3 is 0 Å². The Kier molecular flexibility index (Phi) is 7.30. The summed E-state index contributed by atoms with van der Waals surface area (Å²) in [7, 11) is 0. The first-order valence-corrected chi connectivity index (χ1v) is 12.7. The highest BCUT2D eigenvalue weighted by Crippen LogP contribution is 2.35. The summed E-state index contributed by atoms with van der Waals surface area (Å²) in [6.45, 7) is 4.21. The quantitative estimate of drug-likeness (QED) is 0.146. The molecule has 1 amide bonds. The number of hydrogen-bond acceptors (Lipinski definition) is 5. The van der Waals surface area contributed by atoms with Crippen LogP contribution in [0.15, 0.2) is 103 Å². The number of halogens is 1. The van der Waals surface area contributed by atoms with Gasteiger partial charge in [-0.05, 0) is 48.5 Å². The normalized spacial score (nSPS) is 14.4. The molecule has 0 N–H and O–H groups in total. The number of thiocarbonyl (C=S) groups is 1. The van der Waals surface area contributed by atoms with Gasteiger partial charge in [-0.2, -0.15) is 5.10 Å². The zero-order valence-corrected chi connectivity index (χ0v) is 21.3. The van der Waals surface area contributed by atoms with Crippen LogP contribution in [0.1, 0.15) is 11.1 Å². The molecule has 1 aromatic heterocycles. The maximum atomic E-state index is 13.9. The molecule has 1 aliphatic rings. The predicted octanol–water partition coefficient (Wildman–Crippen LogP) is 6.64. The van der Waals surface area contributed by atoms with Gasteiger partial charge in [-0.3, -0.25) is 9.69 Å². The zero-order chi connectivity index (χ0) is 25.8. The largest absolute Gasteiger partial charge is 0.489 e. The van der Waals surface area contributed by atoms with Crippen LogP contribution in [0.3, 0.4) is 0 Å². The molecule has 5 nitrogen and oxygen atoms in total. The Labute approximate surface area is 223 Å². The van der Waals surface area contributed by atoms with Crippen molar-refractivity contribution in [2.45, 2.75) is 6.61 Å². The van der Waals surface area contributed by atoms with Crippen molar-refractivity contribution in [2.24, 2.45) is 0 Å². The molecule has 5 rings (SSSR count). The van der Waals surface area contributed by atoms with Gasteiger partial charge in [0.1, 0.15) is 22.5 Å². The number of nitrogens with zero attached hydrogens (tertiary/aromatic N) is 3. The van der Waals surface area contributed by atoms with Gasteiger partial charge in [0.25, 0.3) is 5.91 Å². The molecule has 0 bridgehead atoms. The molecule has 1 saturated heterocycles. The van der Waals surface area contributed by atoms with Gasteiger partial charge in [0, 0.05) is 29.4 Å². The van der Waals surface area contributed by atoms with Gasteiger partial charge in [-0.15, -0.1) is 6.58 Å². The number of carbonyl (C=O) groups is 1. The Bertz CT molecular complexity index is 1500. The van der Waals surface area contributed by atoms with E-state index < -0.39 is 0 Å². The molecule has 0 radical (unpaired) electrons. The van der Waals surface area contributed by atoms with Gasteiger partial charge in [0.05, 0.1) is 16.3 Å². The summed E-state index contributed by atoms with van der Waals surface area (Å²) in [6.07, 6.45) is 5.38. The molecule has 0 aliphatic carbocycles. The van der Waals surface area contributed by atoms with E-state index in [1.165, 1.54) is 22.7 Å². The highest BCUT2D eigenvalue weighted by atomic mass is 32.2. The van der Waals surface area contributed by atoms with E-state index in [4.69, 9.17) is 22.1 Å². The minimum absolute atomic E-state index is 0.131. The number of ether oxygens (including phenoxy) is 1. The first-order chi connectivity index (χ1) is 18.0. The third-order valence-electron chi connectivity index (χ3n) is 5.72. The van der Waals surface area contributed by atoms with Crippen LogP contribution in [-0.2, 0) is 11.4 Å². The summed E-state index contributed by atoms with van der Waals surface area (Å²) < 4.78 is 22.0. The number of carbonyl (C=O) groups excluding carboxylic acids is 1. The molecule has 0 spiro atoms. The van der Waals surface area contributed by atoms with Crippen molar-refractivity contribution in [3.05, 3.63) is 120 Å². The molecular weight excluding hydrogens is 505 g/mol. The molecule has 1 fully saturated rings. The number of para-hydroxylation sites is 1. The average molecular weight is 528 g/mol. The molecule has 3 aromatic carbocycles. The van der Waals surface area contributed by atoms with Crippen molar-refractivity contribution < 1.29 is 13.9 Å². The van der Waals surface area contributed by atoms with Gasteiger partial charge < -0.3 is 4.74 Å². The monoisotopic (exact) mass is 527 g/mol. The fraction of sp³-hybridized carbons (Fsp3) is 0.0690. The second-order valence-corrected chi connectivity index (χ2v) is 9.87. The summed E-state index contributed by atoms with van der Waals surface area (Å²) >= 11 is 6.66. The standard InChI is InChI=1S/C29H22FN3O2S2/c1-2-16-32-28(34)26(37-29(32)36)17-22-18-33(23-9-4-3-5-10-23)31-27(22)20-12-14-24(15-13-20)35-19-21-8-6-7-11-25(21)30/h2-15,17-18H,1,16,19H2/b26-17-. The fourth-order valence-corrected chi connectivity index (χ4v) is 5.11. The first kappa shape index (κ1) is 24.7. The Hall–Kier alpha value is -4.01. The van der Waals surface area contributed by atoms with Crippen LogP contribution < -0.4 is 4.74 Å². The number of thioether (sulfide) groups is 1. The highest BCUT2D eigenvalue weighted by molar-refractivity contribution is 8.26. The fourth-order valence-electron chi connectivity index (χ4n) is 3.84. The topological polar surface area (TPSA) is 47.4 Å². The number of hydrogen-bond donors (Lipinski definition) is 0. The molecule has 0 unspecified atom stereocenters. The molecule has 184 valence electrons. The van der Waals surface area contributed by atoms with E-state index in [1.54, 1.807) is 29.0 Å². The van der Waals surface area contributed by atoms with E-state index in [2.05, 4.69) is 6.58 Å². The van der Waals surface area contributed by atoms with E-state index in [-0.39, 0.29) is 18.3 Å². The van der Waals surface area contributed by atoms with Crippen molar-refractivity contribution in [3.8, 4) is 22.7 Å². The number of benzene rings is 3. The Morgan fingerprint density at radius 3 is 2.49 bits per heavy atom. The molecule has 1 aliphatic heterocycles. The van der Waals surface area contributed by atoms with Gasteiger partial charge in [-0.25, -0.2) is 9.07 Å². The Morgan fingerprint density at radius 1 is 1.03 bits per heavy atom. The van der Waals surface area contributed by atoms with Crippen molar-refractivity contribution in [1.82, 2.24) is 14.7 Å². The number of amides is 1. The number of rotatable bonds is 8. The molecule has 0 atom stereocenters.